The summed E-state index contributed by atoms with van der Waals surface area (Å²) in [5.74, 6) is 0. The zero-order valence-corrected chi connectivity index (χ0v) is 11.8. The smallest absolute Gasteiger partial charge is 0.0246 e. The zero-order valence-electron chi connectivity index (χ0n) is 11.8. The van der Waals surface area contributed by atoms with Gasteiger partial charge in [0.2, 0.25) is 0 Å². The van der Waals surface area contributed by atoms with Gasteiger partial charge in [0, 0.05) is 24.7 Å². The van der Waals surface area contributed by atoms with Crippen molar-refractivity contribution in [3.63, 3.8) is 0 Å². The maximum atomic E-state index is 3.49. The maximum absolute atomic E-state index is 3.49. The van der Waals surface area contributed by atoms with Crippen LogP contribution < -0.4 is 5.32 Å². The third-order valence-electron chi connectivity index (χ3n) is 4.82. The van der Waals surface area contributed by atoms with Crippen LogP contribution in [0.15, 0.2) is 0 Å². The van der Waals surface area contributed by atoms with Gasteiger partial charge in [0.15, 0.2) is 0 Å². The zero-order chi connectivity index (χ0) is 12.3. The lowest BCUT2D eigenvalue weighted by atomic mass is 10.1. The van der Waals surface area contributed by atoms with E-state index < -0.39 is 0 Å². The summed E-state index contributed by atoms with van der Waals surface area (Å²) >= 11 is 0. The maximum Gasteiger partial charge on any atom is 0.0246 e. The van der Waals surface area contributed by atoms with Crippen molar-refractivity contribution in [2.45, 2.75) is 57.2 Å². The highest BCUT2D eigenvalue weighted by atomic mass is 15.2. The van der Waals surface area contributed by atoms with Gasteiger partial charge in [0.25, 0.3) is 0 Å². The first kappa shape index (κ1) is 13.3. The number of nitrogens with zero attached hydrogens (tertiary/aromatic N) is 2. The standard InChI is InChI=1S/C14H29N3/c1-4-17-10-6-7-12(17)11-16(3)14-9-5-8-13(14)15-2/h12-15H,4-11H2,1-3H3. The first-order valence-electron chi connectivity index (χ1n) is 7.37. The fraction of sp³-hybridized carbons (Fsp3) is 1.00. The average molecular weight is 239 g/mol. The Morgan fingerprint density at radius 3 is 2.76 bits per heavy atom. The van der Waals surface area contributed by atoms with Crippen molar-refractivity contribution in [2.75, 3.05) is 33.7 Å². The molecule has 1 aliphatic carbocycles. The molecule has 0 bridgehead atoms. The van der Waals surface area contributed by atoms with Gasteiger partial charge >= 0.3 is 0 Å². The lowest BCUT2D eigenvalue weighted by Gasteiger charge is -2.34. The second-order valence-corrected chi connectivity index (χ2v) is 5.76. The van der Waals surface area contributed by atoms with Gasteiger partial charge in [0.05, 0.1) is 0 Å². The number of hydrogen-bond acceptors (Lipinski definition) is 3. The van der Waals surface area contributed by atoms with Gasteiger partial charge in [-0.05, 0) is 52.9 Å². The second-order valence-electron chi connectivity index (χ2n) is 5.76. The summed E-state index contributed by atoms with van der Waals surface area (Å²) in [6.07, 6.45) is 6.92. The molecule has 3 atom stereocenters. The summed E-state index contributed by atoms with van der Waals surface area (Å²) in [6.45, 7) is 6.09. The third-order valence-corrected chi connectivity index (χ3v) is 4.82. The van der Waals surface area contributed by atoms with E-state index in [9.17, 15) is 0 Å². The van der Waals surface area contributed by atoms with Crippen molar-refractivity contribution in [2.24, 2.45) is 0 Å². The number of nitrogens with one attached hydrogen (secondary N) is 1. The Balaban J connectivity index is 1.85. The van der Waals surface area contributed by atoms with Crippen LogP contribution in [-0.4, -0.2) is 61.7 Å². The van der Waals surface area contributed by atoms with Crippen molar-refractivity contribution in [1.82, 2.24) is 15.1 Å². The minimum Gasteiger partial charge on any atom is -0.315 e. The molecule has 2 rings (SSSR count). The molecule has 1 heterocycles. The monoisotopic (exact) mass is 239 g/mol. The summed E-state index contributed by atoms with van der Waals surface area (Å²) in [7, 11) is 4.44. The third kappa shape index (κ3) is 3.01. The van der Waals surface area contributed by atoms with Crippen molar-refractivity contribution >= 4 is 0 Å². The van der Waals surface area contributed by atoms with E-state index in [0.29, 0.717) is 0 Å². The fourth-order valence-electron chi connectivity index (χ4n) is 3.79. The van der Waals surface area contributed by atoms with Gasteiger partial charge in [-0.1, -0.05) is 13.3 Å². The topological polar surface area (TPSA) is 18.5 Å². The van der Waals surface area contributed by atoms with Crippen molar-refractivity contribution in [1.29, 1.82) is 0 Å². The molecule has 0 spiro atoms. The fourth-order valence-corrected chi connectivity index (χ4v) is 3.79. The Bertz CT molecular complexity index is 232. The lowest BCUT2D eigenvalue weighted by molar-refractivity contribution is 0.151. The van der Waals surface area contributed by atoms with Crippen LogP contribution in [0.2, 0.25) is 0 Å². The van der Waals surface area contributed by atoms with Gasteiger partial charge in [-0.15, -0.1) is 0 Å². The van der Waals surface area contributed by atoms with E-state index in [2.05, 4.69) is 36.1 Å². The van der Waals surface area contributed by atoms with Crippen LogP contribution in [0.3, 0.4) is 0 Å². The Morgan fingerprint density at radius 2 is 2.06 bits per heavy atom. The van der Waals surface area contributed by atoms with E-state index >= 15 is 0 Å². The van der Waals surface area contributed by atoms with Crippen LogP contribution >= 0.6 is 0 Å². The molecule has 17 heavy (non-hydrogen) atoms. The van der Waals surface area contributed by atoms with E-state index in [0.717, 1.165) is 18.1 Å². The van der Waals surface area contributed by atoms with Crippen LogP contribution in [-0.2, 0) is 0 Å². The predicted octanol–water partition coefficient (Wildman–Crippen LogP) is 1.54. The molecule has 1 N–H and O–H groups in total. The molecule has 0 radical (unpaired) electrons. The molecule has 2 aliphatic rings. The molecule has 3 heteroatoms. The normalized spacial score (nSPS) is 34.9. The molecule has 1 saturated carbocycles. The molecule has 0 amide bonds. The van der Waals surface area contributed by atoms with Crippen LogP contribution in [0.1, 0.15) is 39.0 Å². The first-order valence-corrected chi connectivity index (χ1v) is 7.37. The van der Waals surface area contributed by atoms with E-state index in [1.807, 2.05) is 0 Å². The van der Waals surface area contributed by atoms with Gasteiger partial charge in [-0.2, -0.15) is 0 Å². The van der Waals surface area contributed by atoms with Crippen LogP contribution in [0.5, 0.6) is 0 Å². The molecule has 1 aliphatic heterocycles. The number of likely N-dealkylation sites (N-methyl/N-ethyl adjacent to an activating group) is 3. The van der Waals surface area contributed by atoms with Crippen molar-refractivity contribution < 1.29 is 0 Å². The molecule has 0 aromatic rings. The highest BCUT2D eigenvalue weighted by molar-refractivity contribution is 4.91. The van der Waals surface area contributed by atoms with Gasteiger partial charge < -0.3 is 10.2 Å². The summed E-state index contributed by atoms with van der Waals surface area (Å²) in [5.41, 5.74) is 0. The molecule has 2 fully saturated rings. The molecule has 0 aromatic carbocycles. The Hall–Kier alpha value is -0.120. The first-order chi connectivity index (χ1) is 8.26. The molecular weight excluding hydrogens is 210 g/mol. The van der Waals surface area contributed by atoms with Crippen molar-refractivity contribution in [3.05, 3.63) is 0 Å². The van der Waals surface area contributed by atoms with E-state index in [1.165, 1.54) is 51.7 Å². The number of rotatable bonds is 5. The summed E-state index contributed by atoms with van der Waals surface area (Å²) in [4.78, 5) is 5.27. The highest BCUT2D eigenvalue weighted by Gasteiger charge is 2.32. The molecule has 3 unspecified atom stereocenters. The molecule has 0 aromatic heterocycles. The second kappa shape index (κ2) is 6.17. The summed E-state index contributed by atoms with van der Waals surface area (Å²) in [5, 5.41) is 3.49. The van der Waals surface area contributed by atoms with E-state index in [-0.39, 0.29) is 0 Å². The minimum absolute atomic E-state index is 0.719. The van der Waals surface area contributed by atoms with Crippen LogP contribution in [0.25, 0.3) is 0 Å². The van der Waals surface area contributed by atoms with Gasteiger partial charge in [-0.3, -0.25) is 4.90 Å². The van der Waals surface area contributed by atoms with E-state index in [1.54, 1.807) is 0 Å². The SMILES string of the molecule is CCN1CCCC1CN(C)C1CCCC1NC. The van der Waals surface area contributed by atoms with Crippen molar-refractivity contribution in [3.8, 4) is 0 Å². The molecular formula is C14H29N3. The summed E-state index contributed by atoms with van der Waals surface area (Å²) < 4.78 is 0. The number of hydrogen-bond donors (Lipinski definition) is 1. The van der Waals surface area contributed by atoms with Gasteiger partial charge in [-0.25, -0.2) is 0 Å². The molecule has 1 saturated heterocycles. The average Bonchev–Trinajstić information content (AvgIpc) is 2.96. The lowest BCUT2D eigenvalue weighted by Crippen LogP contribution is -2.48. The van der Waals surface area contributed by atoms with Crippen LogP contribution in [0.4, 0.5) is 0 Å². The van der Waals surface area contributed by atoms with Crippen LogP contribution in [0, 0.1) is 0 Å². The Kier molecular flexibility index (Phi) is 4.83. The Morgan fingerprint density at radius 1 is 1.24 bits per heavy atom. The number of likely N-dealkylation sites (tertiary alicyclic amines) is 1. The summed E-state index contributed by atoms with van der Waals surface area (Å²) in [6, 6.07) is 2.29. The molecule has 100 valence electrons. The van der Waals surface area contributed by atoms with Gasteiger partial charge in [0.1, 0.15) is 0 Å². The van der Waals surface area contributed by atoms with E-state index in [4.69, 9.17) is 0 Å². The highest BCUT2D eigenvalue weighted by Crippen LogP contribution is 2.25. The quantitative estimate of drug-likeness (QED) is 0.785. The Labute approximate surface area is 107 Å². The predicted molar refractivity (Wildman–Crippen MR) is 73.4 cm³/mol. The molecule has 3 nitrogen and oxygen atoms in total. The minimum atomic E-state index is 0.719. The largest absolute Gasteiger partial charge is 0.315 e.